The third-order valence-electron chi connectivity index (χ3n) is 5.94. The Balaban J connectivity index is -0.000000139. The van der Waals surface area contributed by atoms with E-state index in [4.69, 9.17) is 0 Å². The molecule has 9 heteroatoms. The fraction of sp³-hybridized carbons (Fsp3) is 0.875. The van der Waals surface area contributed by atoms with Gasteiger partial charge >= 0.3 is 31.1 Å². The van der Waals surface area contributed by atoms with E-state index in [9.17, 15) is 39.6 Å². The average Bonchev–Trinajstić information content (AvgIpc) is 2.89. The Morgan fingerprint density at radius 1 is 0.317 bits per heavy atom. The van der Waals surface area contributed by atoms with Gasteiger partial charge in [-0.05, 0) is 51.4 Å². The van der Waals surface area contributed by atoms with Gasteiger partial charge in [0.25, 0.3) is 0 Å². The number of hydrogen-bond acceptors (Lipinski definition) is 8. The summed E-state index contributed by atoms with van der Waals surface area (Å²) < 4.78 is 0. The SMILES string of the molecule is CCCCCCCC(=O)[O-].CCCCCCCC(=O)[O-].CCCCCCCC(=O)[O-].CCCCCCCC(=O)[O-].[U+4]. The number of carboxylic acid groups (broad SMARTS) is 4. The van der Waals surface area contributed by atoms with Crippen molar-refractivity contribution in [2.75, 3.05) is 0 Å². The van der Waals surface area contributed by atoms with Crippen LogP contribution in [-0.2, 0) is 19.2 Å². The molecular weight excluding hydrogens is 750 g/mol. The first-order valence-corrected chi connectivity index (χ1v) is 15.9. The molecular formula is C32H60O8U. The van der Waals surface area contributed by atoms with Gasteiger partial charge in [0.2, 0.25) is 0 Å². The summed E-state index contributed by atoms with van der Waals surface area (Å²) in [6.45, 7) is 8.55. The van der Waals surface area contributed by atoms with Gasteiger partial charge in [0.15, 0.2) is 0 Å². The predicted octanol–water partition coefficient (Wildman–Crippen LogP) is 4.39. The fourth-order valence-corrected chi connectivity index (χ4v) is 3.49. The van der Waals surface area contributed by atoms with Crippen LogP contribution in [0.2, 0.25) is 0 Å². The van der Waals surface area contributed by atoms with E-state index < -0.39 is 23.9 Å². The van der Waals surface area contributed by atoms with Crippen LogP contribution >= 0.6 is 0 Å². The molecule has 0 aliphatic carbocycles. The number of unbranched alkanes of at least 4 members (excludes halogenated alkanes) is 16. The van der Waals surface area contributed by atoms with E-state index in [0.717, 1.165) is 77.0 Å². The molecule has 8 nitrogen and oxygen atoms in total. The molecule has 0 amide bonds. The summed E-state index contributed by atoms with van der Waals surface area (Å²) in [5, 5.41) is 39.7. The fourth-order valence-electron chi connectivity index (χ4n) is 3.49. The van der Waals surface area contributed by atoms with Gasteiger partial charge in [0.1, 0.15) is 0 Å². The van der Waals surface area contributed by atoms with E-state index in [1.165, 1.54) is 51.4 Å². The summed E-state index contributed by atoms with van der Waals surface area (Å²) in [7, 11) is 0. The van der Waals surface area contributed by atoms with Gasteiger partial charge in [0, 0.05) is 23.9 Å². The zero-order valence-corrected chi connectivity index (χ0v) is 30.9. The number of rotatable bonds is 24. The molecule has 0 bridgehead atoms. The molecule has 0 spiro atoms. The van der Waals surface area contributed by atoms with Crippen LogP contribution in [0, 0.1) is 31.1 Å². The zero-order valence-electron chi connectivity index (χ0n) is 26.7. The van der Waals surface area contributed by atoms with Gasteiger partial charge in [0.05, 0.1) is 0 Å². The first-order valence-electron chi connectivity index (χ1n) is 15.9. The summed E-state index contributed by atoms with van der Waals surface area (Å²) in [4.78, 5) is 39.7. The minimum absolute atomic E-state index is 0. The van der Waals surface area contributed by atoms with Crippen LogP contribution in [-0.4, -0.2) is 23.9 Å². The molecule has 0 aromatic carbocycles. The molecule has 0 saturated heterocycles. The molecule has 0 saturated carbocycles. The Hall–Kier alpha value is -1.07. The van der Waals surface area contributed by atoms with Crippen molar-refractivity contribution in [2.45, 2.75) is 182 Å². The molecule has 0 aliphatic rings. The summed E-state index contributed by atoms with van der Waals surface area (Å²) in [5.74, 6) is -3.68. The van der Waals surface area contributed by atoms with Gasteiger partial charge in [-0.3, -0.25) is 0 Å². The maximum Gasteiger partial charge on any atom is 4.00 e. The molecule has 240 valence electrons. The zero-order chi connectivity index (χ0) is 31.3. The van der Waals surface area contributed by atoms with Crippen molar-refractivity contribution < 1.29 is 70.7 Å². The third-order valence-corrected chi connectivity index (χ3v) is 5.94. The number of carboxylic acids is 4. The van der Waals surface area contributed by atoms with Gasteiger partial charge in [-0.25, -0.2) is 0 Å². The van der Waals surface area contributed by atoms with E-state index in [1.807, 2.05) is 0 Å². The van der Waals surface area contributed by atoms with Crippen LogP contribution in [0.25, 0.3) is 0 Å². The summed E-state index contributed by atoms with van der Waals surface area (Å²) in [6.07, 6.45) is 22.4. The van der Waals surface area contributed by atoms with E-state index in [2.05, 4.69) is 27.7 Å². The van der Waals surface area contributed by atoms with E-state index in [0.29, 0.717) is 0 Å². The van der Waals surface area contributed by atoms with Crippen LogP contribution in [0.3, 0.4) is 0 Å². The van der Waals surface area contributed by atoms with Gasteiger partial charge < -0.3 is 39.6 Å². The van der Waals surface area contributed by atoms with Crippen LogP contribution < -0.4 is 20.4 Å². The van der Waals surface area contributed by atoms with Crippen molar-refractivity contribution in [2.24, 2.45) is 0 Å². The van der Waals surface area contributed by atoms with Crippen molar-refractivity contribution in [3.05, 3.63) is 0 Å². The first-order chi connectivity index (χ1) is 19.1. The summed E-state index contributed by atoms with van der Waals surface area (Å²) in [5.41, 5.74) is 0. The van der Waals surface area contributed by atoms with E-state index in [1.54, 1.807) is 0 Å². The van der Waals surface area contributed by atoms with Gasteiger partial charge in [-0.2, -0.15) is 0 Å². The topological polar surface area (TPSA) is 161 Å². The summed E-state index contributed by atoms with van der Waals surface area (Å²) in [6, 6.07) is 0. The van der Waals surface area contributed by atoms with Crippen LogP contribution in [0.5, 0.6) is 0 Å². The number of hydrogen-bond donors (Lipinski definition) is 0. The largest absolute Gasteiger partial charge is 4.00 e. The average molecular weight is 811 g/mol. The van der Waals surface area contributed by atoms with Crippen LogP contribution in [0.15, 0.2) is 0 Å². The Labute approximate surface area is 275 Å². The Morgan fingerprint density at radius 2 is 0.463 bits per heavy atom. The molecule has 0 rings (SSSR count). The molecule has 0 aliphatic heterocycles. The second-order valence-electron chi connectivity index (χ2n) is 10.1. The Morgan fingerprint density at radius 3 is 0.585 bits per heavy atom. The van der Waals surface area contributed by atoms with Gasteiger partial charge in [-0.1, -0.05) is 130 Å². The van der Waals surface area contributed by atoms with E-state index >= 15 is 0 Å². The summed E-state index contributed by atoms with van der Waals surface area (Å²) >= 11 is 0. The molecule has 0 aromatic rings. The van der Waals surface area contributed by atoms with Crippen LogP contribution in [0.1, 0.15) is 182 Å². The van der Waals surface area contributed by atoms with Crippen molar-refractivity contribution in [3.8, 4) is 0 Å². The Kier molecular flexibility index (Phi) is 55.5. The maximum atomic E-state index is 9.92. The second kappa shape index (κ2) is 45.9. The molecule has 0 fully saturated rings. The normalized spacial score (nSPS) is 9.46. The molecule has 0 unspecified atom stereocenters. The van der Waals surface area contributed by atoms with Gasteiger partial charge in [-0.15, -0.1) is 0 Å². The van der Waals surface area contributed by atoms with Crippen molar-refractivity contribution in [1.82, 2.24) is 0 Å². The monoisotopic (exact) mass is 810 g/mol. The number of carbonyl (C=O) groups excluding carboxylic acids is 4. The standard InChI is InChI=1S/4C8H16O2.U/c4*1-2-3-4-5-6-7-8(9)10;/h4*2-7H2,1H3,(H,9,10);/q;;;;+4/p-4. The van der Waals surface area contributed by atoms with E-state index in [-0.39, 0.29) is 56.8 Å². The minimum Gasteiger partial charge on any atom is -0.550 e. The number of carbonyl (C=O) groups is 4. The predicted molar refractivity (Wildman–Crippen MR) is 154 cm³/mol. The quantitative estimate of drug-likeness (QED) is 0.130. The van der Waals surface area contributed by atoms with Crippen molar-refractivity contribution in [3.63, 3.8) is 0 Å². The van der Waals surface area contributed by atoms with Crippen LogP contribution in [0.4, 0.5) is 0 Å². The van der Waals surface area contributed by atoms with Crippen molar-refractivity contribution >= 4 is 23.9 Å². The molecule has 0 N–H and O–H groups in total. The number of aliphatic carboxylic acids is 4. The van der Waals surface area contributed by atoms with Crippen molar-refractivity contribution in [1.29, 1.82) is 0 Å². The molecule has 0 radical (unpaired) electrons. The molecule has 41 heavy (non-hydrogen) atoms. The molecule has 0 atom stereocenters. The Bertz CT molecular complexity index is 460. The minimum atomic E-state index is -0.920. The maximum absolute atomic E-state index is 9.92. The molecule has 0 heterocycles. The molecule has 0 aromatic heterocycles. The first kappa shape index (κ1) is 49.6. The smallest absolute Gasteiger partial charge is 0.550 e. The third kappa shape index (κ3) is 73.2. The second-order valence-corrected chi connectivity index (χ2v) is 10.1.